The lowest BCUT2D eigenvalue weighted by Crippen LogP contribution is -2.29. The fraction of sp³-hybridized carbons (Fsp3) is 0.381. The van der Waals surface area contributed by atoms with Gasteiger partial charge in [0.1, 0.15) is 5.75 Å². The molecule has 136 valence electrons. The second-order valence-corrected chi connectivity index (χ2v) is 8.62. The minimum absolute atomic E-state index is 0.792. The van der Waals surface area contributed by atoms with Crippen LogP contribution in [-0.4, -0.2) is 24.1 Å². The summed E-state index contributed by atoms with van der Waals surface area (Å²) in [4.78, 5) is 0. The second kappa shape index (κ2) is 8.51. The van der Waals surface area contributed by atoms with E-state index in [4.69, 9.17) is 4.74 Å². The first-order valence-electron chi connectivity index (χ1n) is 9.28. The van der Waals surface area contributed by atoms with E-state index in [1.807, 2.05) is 0 Å². The number of aromatic nitrogens is 1. The molecule has 1 N–H and O–H groups in total. The van der Waals surface area contributed by atoms with E-state index >= 15 is 0 Å². The van der Waals surface area contributed by atoms with Crippen molar-refractivity contribution in [1.82, 2.24) is 9.69 Å². The van der Waals surface area contributed by atoms with Crippen molar-refractivity contribution in [2.75, 3.05) is 19.7 Å². The molecule has 1 unspecified atom stereocenters. The predicted molar refractivity (Wildman–Crippen MR) is 113 cm³/mol. The van der Waals surface area contributed by atoms with Crippen LogP contribution in [0.2, 0.25) is 0 Å². The highest BCUT2D eigenvalue weighted by Crippen LogP contribution is 2.33. The normalized spacial score (nSPS) is 17.5. The molecule has 1 aliphatic heterocycles. The monoisotopic (exact) mass is 430 g/mol. The number of nitrogens with zero attached hydrogens (tertiary/aromatic N) is 1. The van der Waals surface area contributed by atoms with Gasteiger partial charge in [-0.3, -0.25) is 0 Å². The molecule has 2 heterocycles. The van der Waals surface area contributed by atoms with Crippen LogP contribution in [0.3, 0.4) is 0 Å². The molecule has 5 heteroatoms. The van der Waals surface area contributed by atoms with E-state index in [0.29, 0.717) is 0 Å². The lowest BCUT2D eigenvalue weighted by molar-refractivity contribution is 0.276. The number of nitrogens with one attached hydrogen (secondary N) is 1. The summed E-state index contributed by atoms with van der Waals surface area (Å²) in [7, 11) is 0. The third-order valence-corrected chi connectivity index (χ3v) is 6.32. The van der Waals surface area contributed by atoms with Crippen LogP contribution >= 0.6 is 27.5 Å². The van der Waals surface area contributed by atoms with Gasteiger partial charge in [0.25, 0.3) is 0 Å². The SMILES string of the molecule is Brc1ccc(-c2nsc3cc(OCCCC4CCCNC4)ccc23)cc1. The molecule has 3 aromatic rings. The number of ether oxygens (including phenoxy) is 1. The van der Waals surface area contributed by atoms with Crippen LogP contribution in [0.1, 0.15) is 25.7 Å². The summed E-state index contributed by atoms with van der Waals surface area (Å²) in [5.74, 6) is 1.77. The summed E-state index contributed by atoms with van der Waals surface area (Å²) in [5, 5.41) is 4.68. The lowest BCUT2D eigenvalue weighted by atomic mass is 9.95. The van der Waals surface area contributed by atoms with E-state index in [1.165, 1.54) is 54.0 Å². The van der Waals surface area contributed by atoms with Crippen molar-refractivity contribution in [1.29, 1.82) is 0 Å². The fourth-order valence-electron chi connectivity index (χ4n) is 3.56. The number of rotatable bonds is 6. The number of piperidine rings is 1. The molecule has 1 atom stereocenters. The van der Waals surface area contributed by atoms with Crippen molar-refractivity contribution >= 4 is 37.5 Å². The van der Waals surface area contributed by atoms with E-state index in [2.05, 4.69) is 68.1 Å². The van der Waals surface area contributed by atoms with Crippen LogP contribution in [0, 0.1) is 5.92 Å². The first kappa shape index (κ1) is 18.0. The summed E-state index contributed by atoms with van der Waals surface area (Å²) in [6.45, 7) is 3.15. The van der Waals surface area contributed by atoms with Crippen LogP contribution in [0.25, 0.3) is 21.3 Å². The van der Waals surface area contributed by atoms with Gasteiger partial charge in [0.15, 0.2) is 0 Å². The Balaban J connectivity index is 1.38. The standard InChI is InChI=1S/C21H23BrN2OS/c22-17-7-5-16(6-8-17)21-19-10-9-18(13-20(19)26-24-21)25-12-2-4-15-3-1-11-23-14-15/h5-10,13,15,23H,1-4,11-12,14H2. The molecular formula is C21H23BrN2OS. The van der Waals surface area contributed by atoms with Gasteiger partial charge in [-0.25, -0.2) is 0 Å². The average Bonchev–Trinajstić information content (AvgIpc) is 3.10. The summed E-state index contributed by atoms with van der Waals surface area (Å²) in [6.07, 6.45) is 5.05. The highest BCUT2D eigenvalue weighted by Gasteiger charge is 2.13. The minimum Gasteiger partial charge on any atom is -0.494 e. The van der Waals surface area contributed by atoms with Crippen molar-refractivity contribution in [3.05, 3.63) is 46.9 Å². The Bertz CT molecular complexity index is 856. The Morgan fingerprint density at radius 3 is 2.88 bits per heavy atom. The predicted octanol–water partition coefficient (Wildman–Crippen LogP) is 5.88. The van der Waals surface area contributed by atoms with E-state index in [1.54, 1.807) is 0 Å². The fourth-order valence-corrected chi connectivity index (χ4v) is 4.65. The molecule has 2 aromatic carbocycles. The van der Waals surface area contributed by atoms with E-state index in [9.17, 15) is 0 Å². The minimum atomic E-state index is 0.792. The Morgan fingerprint density at radius 1 is 1.19 bits per heavy atom. The van der Waals surface area contributed by atoms with Gasteiger partial charge in [0.05, 0.1) is 17.0 Å². The van der Waals surface area contributed by atoms with E-state index < -0.39 is 0 Å². The molecule has 0 spiro atoms. The van der Waals surface area contributed by atoms with Gasteiger partial charge in [-0.2, -0.15) is 4.37 Å². The van der Waals surface area contributed by atoms with Gasteiger partial charge in [0, 0.05) is 15.4 Å². The first-order chi connectivity index (χ1) is 12.8. The maximum Gasteiger partial charge on any atom is 0.120 e. The molecule has 0 bridgehead atoms. The zero-order valence-electron chi connectivity index (χ0n) is 14.7. The number of hydrogen-bond acceptors (Lipinski definition) is 4. The lowest BCUT2D eigenvalue weighted by Gasteiger charge is -2.22. The third-order valence-electron chi connectivity index (χ3n) is 4.99. The zero-order chi connectivity index (χ0) is 17.8. The van der Waals surface area contributed by atoms with Gasteiger partial charge in [-0.1, -0.05) is 28.1 Å². The highest BCUT2D eigenvalue weighted by atomic mass is 79.9. The van der Waals surface area contributed by atoms with Crippen molar-refractivity contribution < 1.29 is 4.74 Å². The molecule has 1 saturated heterocycles. The molecule has 0 aliphatic carbocycles. The topological polar surface area (TPSA) is 34.1 Å². The smallest absolute Gasteiger partial charge is 0.120 e. The van der Waals surface area contributed by atoms with Gasteiger partial charge in [-0.15, -0.1) is 0 Å². The van der Waals surface area contributed by atoms with Crippen LogP contribution in [0.15, 0.2) is 46.9 Å². The van der Waals surface area contributed by atoms with Gasteiger partial charge in [0.2, 0.25) is 0 Å². The molecule has 3 nitrogen and oxygen atoms in total. The van der Waals surface area contributed by atoms with E-state index in [0.717, 1.165) is 40.4 Å². The molecule has 1 fully saturated rings. The summed E-state index contributed by atoms with van der Waals surface area (Å²) in [5.41, 5.74) is 2.20. The molecule has 4 rings (SSSR count). The number of hydrogen-bond donors (Lipinski definition) is 1. The molecule has 26 heavy (non-hydrogen) atoms. The second-order valence-electron chi connectivity index (χ2n) is 6.90. The number of fused-ring (bicyclic) bond motifs is 1. The largest absolute Gasteiger partial charge is 0.494 e. The Hall–Kier alpha value is -1.43. The van der Waals surface area contributed by atoms with Gasteiger partial charge in [-0.05, 0) is 86.6 Å². The Morgan fingerprint density at radius 2 is 2.08 bits per heavy atom. The van der Waals surface area contributed by atoms with E-state index in [-0.39, 0.29) is 0 Å². The van der Waals surface area contributed by atoms with Crippen LogP contribution in [-0.2, 0) is 0 Å². The maximum atomic E-state index is 5.99. The summed E-state index contributed by atoms with van der Waals surface area (Å²) in [6, 6.07) is 14.6. The van der Waals surface area contributed by atoms with Crippen LogP contribution in [0.4, 0.5) is 0 Å². The molecule has 0 radical (unpaired) electrons. The molecule has 0 saturated carbocycles. The van der Waals surface area contributed by atoms with Crippen molar-refractivity contribution in [3.8, 4) is 17.0 Å². The highest BCUT2D eigenvalue weighted by molar-refractivity contribution is 9.10. The van der Waals surface area contributed by atoms with Crippen LogP contribution < -0.4 is 10.1 Å². The summed E-state index contributed by atoms with van der Waals surface area (Å²) < 4.78 is 12.9. The number of halogens is 1. The molecular weight excluding hydrogens is 408 g/mol. The quantitative estimate of drug-likeness (QED) is 0.495. The Labute approximate surface area is 167 Å². The van der Waals surface area contributed by atoms with Crippen LogP contribution in [0.5, 0.6) is 5.75 Å². The van der Waals surface area contributed by atoms with Gasteiger partial charge >= 0.3 is 0 Å². The molecule has 1 aliphatic rings. The van der Waals surface area contributed by atoms with Gasteiger partial charge < -0.3 is 10.1 Å². The molecule has 1 aromatic heterocycles. The zero-order valence-corrected chi connectivity index (χ0v) is 17.1. The maximum absolute atomic E-state index is 5.99. The van der Waals surface area contributed by atoms with Crippen molar-refractivity contribution in [2.24, 2.45) is 5.92 Å². The average molecular weight is 431 g/mol. The first-order valence-corrected chi connectivity index (χ1v) is 10.8. The summed E-state index contributed by atoms with van der Waals surface area (Å²) >= 11 is 5.02. The Kier molecular flexibility index (Phi) is 5.88. The number of benzene rings is 2. The molecule has 0 amide bonds. The van der Waals surface area contributed by atoms with Crippen molar-refractivity contribution in [2.45, 2.75) is 25.7 Å². The van der Waals surface area contributed by atoms with Crippen molar-refractivity contribution in [3.63, 3.8) is 0 Å². The third kappa shape index (κ3) is 4.27.